The van der Waals surface area contributed by atoms with Crippen LogP contribution in [0, 0.1) is 11.7 Å². The van der Waals surface area contributed by atoms with Crippen molar-refractivity contribution in [1.82, 2.24) is 4.98 Å². The quantitative estimate of drug-likeness (QED) is 0.260. The zero-order chi connectivity index (χ0) is 23.3. The van der Waals surface area contributed by atoms with E-state index in [1.54, 1.807) is 6.07 Å². The molecule has 1 fully saturated rings. The number of benzene rings is 1. The number of halogens is 1. The first kappa shape index (κ1) is 25.9. The normalized spacial score (nSPS) is 18.5. The predicted octanol–water partition coefficient (Wildman–Crippen LogP) is 10.0. The molecule has 0 bridgehead atoms. The smallest absolute Gasteiger partial charge is 0.132 e. The Morgan fingerprint density at radius 3 is 2.15 bits per heavy atom. The van der Waals surface area contributed by atoms with Gasteiger partial charge in [0.2, 0.25) is 0 Å². The summed E-state index contributed by atoms with van der Waals surface area (Å²) in [6.07, 6.45) is 22.9. The van der Waals surface area contributed by atoms with Crippen molar-refractivity contribution < 1.29 is 4.39 Å². The van der Waals surface area contributed by atoms with Crippen LogP contribution >= 0.6 is 0 Å². The zero-order valence-electron chi connectivity index (χ0n) is 21.3. The Hall–Kier alpha value is -1.70. The van der Waals surface area contributed by atoms with E-state index in [4.69, 9.17) is 0 Å². The molecular weight excluding hydrogens is 405 g/mol. The number of rotatable bonds is 14. The van der Waals surface area contributed by atoms with E-state index < -0.39 is 0 Å². The third-order valence-corrected chi connectivity index (χ3v) is 7.70. The first-order valence-electron chi connectivity index (χ1n) is 14.0. The summed E-state index contributed by atoms with van der Waals surface area (Å²) in [4.78, 5) is 4.67. The molecule has 1 heterocycles. The number of hydrogen-bond donors (Lipinski definition) is 0. The molecular formula is C31H46FN. The lowest BCUT2D eigenvalue weighted by Gasteiger charge is -2.28. The highest BCUT2D eigenvalue weighted by Gasteiger charge is 2.22. The van der Waals surface area contributed by atoms with E-state index >= 15 is 0 Å². The highest BCUT2D eigenvalue weighted by molar-refractivity contribution is 5.60. The van der Waals surface area contributed by atoms with Gasteiger partial charge in [-0.1, -0.05) is 90.2 Å². The molecule has 1 aromatic carbocycles. The molecule has 1 saturated carbocycles. The van der Waals surface area contributed by atoms with E-state index in [0.29, 0.717) is 11.5 Å². The van der Waals surface area contributed by atoms with Gasteiger partial charge in [0.1, 0.15) is 5.82 Å². The second kappa shape index (κ2) is 14.5. The predicted molar refractivity (Wildman–Crippen MR) is 140 cm³/mol. The Bertz CT molecular complexity index is 789. The van der Waals surface area contributed by atoms with Crippen LogP contribution in [0.3, 0.4) is 0 Å². The molecule has 0 saturated heterocycles. The molecule has 2 aromatic rings. The molecule has 3 rings (SSSR count). The maximum absolute atomic E-state index is 14.8. The minimum Gasteiger partial charge on any atom is -0.256 e. The summed E-state index contributed by atoms with van der Waals surface area (Å²) in [5.41, 5.74) is 3.82. The van der Waals surface area contributed by atoms with Crippen LogP contribution in [0.4, 0.5) is 4.39 Å². The van der Waals surface area contributed by atoms with E-state index in [0.717, 1.165) is 30.0 Å². The third kappa shape index (κ3) is 8.54. The first-order chi connectivity index (χ1) is 16.2. The molecule has 0 atom stereocenters. The molecule has 0 amide bonds. The van der Waals surface area contributed by atoms with Gasteiger partial charge in [-0.15, -0.1) is 0 Å². The van der Waals surface area contributed by atoms with E-state index in [1.807, 2.05) is 18.3 Å². The zero-order valence-corrected chi connectivity index (χ0v) is 21.3. The summed E-state index contributed by atoms with van der Waals surface area (Å²) in [5, 5.41) is 0. The van der Waals surface area contributed by atoms with Gasteiger partial charge in [-0.3, -0.25) is 4.98 Å². The number of hydrogen-bond acceptors (Lipinski definition) is 1. The fourth-order valence-electron chi connectivity index (χ4n) is 5.48. The average Bonchev–Trinajstić information content (AvgIpc) is 2.85. The van der Waals surface area contributed by atoms with Crippen molar-refractivity contribution in [3.63, 3.8) is 0 Å². The molecule has 1 nitrogen and oxygen atoms in total. The second-order valence-electron chi connectivity index (χ2n) is 10.4. The van der Waals surface area contributed by atoms with Gasteiger partial charge in [-0.2, -0.15) is 0 Å². The first-order valence-corrected chi connectivity index (χ1v) is 14.0. The molecule has 0 radical (unpaired) electrons. The highest BCUT2D eigenvalue weighted by Crippen LogP contribution is 2.38. The molecule has 33 heavy (non-hydrogen) atoms. The number of aryl methyl sites for hydroxylation is 1. The van der Waals surface area contributed by atoms with Gasteiger partial charge in [0.15, 0.2) is 0 Å². The highest BCUT2D eigenvalue weighted by atomic mass is 19.1. The van der Waals surface area contributed by atoms with E-state index in [2.05, 4.69) is 31.0 Å². The van der Waals surface area contributed by atoms with Crippen LogP contribution in [0.5, 0.6) is 0 Å². The second-order valence-corrected chi connectivity index (χ2v) is 10.4. The molecule has 0 spiro atoms. The van der Waals surface area contributed by atoms with Crippen molar-refractivity contribution in [1.29, 1.82) is 0 Å². The summed E-state index contributed by atoms with van der Waals surface area (Å²) in [6, 6.07) is 9.92. The Balaban J connectivity index is 1.45. The SMILES string of the molecule is CCCCCCCCC1CCC(c2ccc(-c3ccc(CCCCCC)cc3F)nc2)CC1. The fourth-order valence-corrected chi connectivity index (χ4v) is 5.48. The molecule has 1 aromatic heterocycles. The van der Waals surface area contributed by atoms with Crippen LogP contribution < -0.4 is 0 Å². The van der Waals surface area contributed by atoms with E-state index in [1.165, 1.54) is 95.5 Å². The van der Waals surface area contributed by atoms with Crippen LogP contribution in [-0.2, 0) is 6.42 Å². The Kier molecular flexibility index (Phi) is 11.4. The van der Waals surface area contributed by atoms with Gasteiger partial charge >= 0.3 is 0 Å². The molecule has 1 aliphatic rings. The Morgan fingerprint density at radius 1 is 0.788 bits per heavy atom. The van der Waals surface area contributed by atoms with E-state index in [9.17, 15) is 4.39 Å². The lowest BCUT2D eigenvalue weighted by Crippen LogP contribution is -2.13. The standard InChI is InChI=1S/C31H46FN/c1-3-5-7-9-10-12-13-25-15-18-27(19-16-25)28-20-22-31(33-24-28)29-21-17-26(23-30(29)32)14-11-8-6-4-2/h17,20-25,27H,3-16,18-19H2,1-2H3. The summed E-state index contributed by atoms with van der Waals surface area (Å²) >= 11 is 0. The number of aromatic nitrogens is 1. The van der Waals surface area contributed by atoms with Gasteiger partial charge in [0.05, 0.1) is 5.69 Å². The lowest BCUT2D eigenvalue weighted by atomic mass is 9.77. The van der Waals surface area contributed by atoms with Gasteiger partial charge in [-0.05, 0) is 79.7 Å². The Morgan fingerprint density at radius 2 is 1.48 bits per heavy atom. The number of nitrogens with zero attached hydrogens (tertiary/aromatic N) is 1. The number of unbranched alkanes of at least 4 members (excludes halogenated alkanes) is 8. The van der Waals surface area contributed by atoms with Crippen LogP contribution in [0.25, 0.3) is 11.3 Å². The monoisotopic (exact) mass is 451 g/mol. The molecule has 2 heteroatoms. The summed E-state index contributed by atoms with van der Waals surface area (Å²) < 4.78 is 14.8. The van der Waals surface area contributed by atoms with Gasteiger partial charge in [-0.25, -0.2) is 4.39 Å². The van der Waals surface area contributed by atoms with Crippen LogP contribution in [0.1, 0.15) is 127 Å². The minimum atomic E-state index is -0.140. The molecule has 0 unspecified atom stereocenters. The Labute approximate surface area is 202 Å². The maximum atomic E-state index is 14.8. The van der Waals surface area contributed by atoms with Crippen molar-refractivity contribution in [3.05, 3.63) is 53.5 Å². The average molecular weight is 452 g/mol. The van der Waals surface area contributed by atoms with Gasteiger partial charge in [0, 0.05) is 11.8 Å². The number of pyridine rings is 1. The van der Waals surface area contributed by atoms with Crippen LogP contribution in [-0.4, -0.2) is 4.98 Å². The largest absolute Gasteiger partial charge is 0.256 e. The van der Waals surface area contributed by atoms with Crippen molar-refractivity contribution >= 4 is 0 Å². The molecule has 0 aliphatic heterocycles. The van der Waals surface area contributed by atoms with Gasteiger partial charge < -0.3 is 0 Å². The fraction of sp³-hybridized carbons (Fsp3) is 0.645. The third-order valence-electron chi connectivity index (χ3n) is 7.70. The lowest BCUT2D eigenvalue weighted by molar-refractivity contribution is 0.301. The maximum Gasteiger partial charge on any atom is 0.132 e. The van der Waals surface area contributed by atoms with E-state index in [-0.39, 0.29) is 5.82 Å². The molecule has 1 aliphatic carbocycles. The van der Waals surface area contributed by atoms with Gasteiger partial charge in [0.25, 0.3) is 0 Å². The van der Waals surface area contributed by atoms with Crippen LogP contribution in [0.15, 0.2) is 36.5 Å². The minimum absolute atomic E-state index is 0.140. The summed E-state index contributed by atoms with van der Waals surface area (Å²) in [7, 11) is 0. The molecule has 182 valence electrons. The van der Waals surface area contributed by atoms with Crippen molar-refractivity contribution in [3.8, 4) is 11.3 Å². The van der Waals surface area contributed by atoms with Crippen molar-refractivity contribution in [2.24, 2.45) is 5.92 Å². The summed E-state index contributed by atoms with van der Waals surface area (Å²) in [6.45, 7) is 4.50. The topological polar surface area (TPSA) is 12.9 Å². The van der Waals surface area contributed by atoms with Crippen molar-refractivity contribution in [2.45, 2.75) is 122 Å². The van der Waals surface area contributed by atoms with Crippen molar-refractivity contribution in [2.75, 3.05) is 0 Å². The molecule has 0 N–H and O–H groups in total. The summed E-state index contributed by atoms with van der Waals surface area (Å²) in [5.74, 6) is 1.41. The van der Waals surface area contributed by atoms with Crippen LogP contribution in [0.2, 0.25) is 0 Å².